The minimum absolute atomic E-state index is 0.0176. The number of nitrogens with zero attached hydrogens (tertiary/aromatic N) is 5. The SMILES string of the molecule is CN(C)c1cc(C(=O)N2Cc3cnc(-c4ccccc4)nc3C2)c2ccccc2n1. The molecule has 2 aromatic carbocycles. The van der Waals surface area contributed by atoms with Crippen molar-refractivity contribution in [3.8, 4) is 11.4 Å². The number of aromatic nitrogens is 3. The highest BCUT2D eigenvalue weighted by Crippen LogP contribution is 2.28. The van der Waals surface area contributed by atoms with Gasteiger partial charge in [-0.1, -0.05) is 48.5 Å². The first-order chi connectivity index (χ1) is 14.6. The van der Waals surface area contributed by atoms with Crippen molar-refractivity contribution in [2.45, 2.75) is 13.1 Å². The number of para-hydroxylation sites is 1. The van der Waals surface area contributed by atoms with E-state index in [0.717, 1.165) is 33.5 Å². The van der Waals surface area contributed by atoms with E-state index in [1.54, 1.807) is 0 Å². The summed E-state index contributed by atoms with van der Waals surface area (Å²) in [6, 6.07) is 19.5. The number of anilines is 1. The lowest BCUT2D eigenvalue weighted by Crippen LogP contribution is -2.26. The van der Waals surface area contributed by atoms with Crippen LogP contribution in [0.15, 0.2) is 66.9 Å². The fraction of sp³-hybridized carbons (Fsp3) is 0.167. The molecule has 5 rings (SSSR count). The number of amides is 1. The Labute approximate surface area is 174 Å². The Hall–Kier alpha value is -3.80. The molecule has 1 aliphatic rings. The Bertz CT molecular complexity index is 1250. The first-order valence-electron chi connectivity index (χ1n) is 9.87. The van der Waals surface area contributed by atoms with E-state index in [4.69, 9.17) is 4.98 Å². The average molecular weight is 395 g/mol. The van der Waals surface area contributed by atoms with Crippen molar-refractivity contribution >= 4 is 22.6 Å². The summed E-state index contributed by atoms with van der Waals surface area (Å²) in [7, 11) is 3.86. The van der Waals surface area contributed by atoms with Crippen molar-refractivity contribution in [2.75, 3.05) is 19.0 Å². The molecule has 0 fully saturated rings. The predicted octanol–water partition coefficient (Wildman–Crippen LogP) is 3.91. The largest absolute Gasteiger partial charge is 0.363 e. The quantitative estimate of drug-likeness (QED) is 0.526. The highest BCUT2D eigenvalue weighted by Gasteiger charge is 2.28. The van der Waals surface area contributed by atoms with Gasteiger partial charge < -0.3 is 9.80 Å². The molecule has 4 aromatic rings. The van der Waals surface area contributed by atoms with Gasteiger partial charge in [0.25, 0.3) is 5.91 Å². The van der Waals surface area contributed by atoms with Gasteiger partial charge in [0.15, 0.2) is 5.82 Å². The zero-order valence-corrected chi connectivity index (χ0v) is 16.9. The second-order valence-electron chi connectivity index (χ2n) is 7.63. The van der Waals surface area contributed by atoms with E-state index in [1.807, 2.05) is 90.8 Å². The Morgan fingerprint density at radius 1 is 0.967 bits per heavy atom. The van der Waals surface area contributed by atoms with Crippen LogP contribution >= 0.6 is 0 Å². The van der Waals surface area contributed by atoms with Crippen LogP contribution in [0.3, 0.4) is 0 Å². The maximum Gasteiger partial charge on any atom is 0.255 e. The number of hydrogen-bond acceptors (Lipinski definition) is 5. The molecular formula is C24H21N5O. The van der Waals surface area contributed by atoms with Crippen molar-refractivity contribution in [3.05, 3.63) is 83.7 Å². The third kappa shape index (κ3) is 3.16. The van der Waals surface area contributed by atoms with Crippen molar-refractivity contribution < 1.29 is 4.79 Å². The van der Waals surface area contributed by atoms with E-state index < -0.39 is 0 Å². The summed E-state index contributed by atoms with van der Waals surface area (Å²) in [6.45, 7) is 0.988. The lowest BCUT2D eigenvalue weighted by Gasteiger charge is -2.19. The van der Waals surface area contributed by atoms with E-state index in [-0.39, 0.29) is 5.91 Å². The number of benzene rings is 2. The van der Waals surface area contributed by atoms with Crippen LogP contribution in [0.4, 0.5) is 5.82 Å². The highest BCUT2D eigenvalue weighted by molar-refractivity contribution is 6.07. The number of pyridine rings is 1. The predicted molar refractivity (Wildman–Crippen MR) is 117 cm³/mol. The smallest absolute Gasteiger partial charge is 0.255 e. The van der Waals surface area contributed by atoms with Gasteiger partial charge in [0.1, 0.15) is 5.82 Å². The van der Waals surface area contributed by atoms with E-state index in [0.29, 0.717) is 24.5 Å². The molecular weight excluding hydrogens is 374 g/mol. The molecule has 6 nitrogen and oxygen atoms in total. The Morgan fingerprint density at radius 2 is 1.73 bits per heavy atom. The maximum absolute atomic E-state index is 13.5. The summed E-state index contributed by atoms with van der Waals surface area (Å²) < 4.78 is 0. The van der Waals surface area contributed by atoms with Crippen LogP contribution in [0.25, 0.3) is 22.3 Å². The summed E-state index contributed by atoms with van der Waals surface area (Å²) in [6.07, 6.45) is 1.84. The van der Waals surface area contributed by atoms with Crippen molar-refractivity contribution in [3.63, 3.8) is 0 Å². The van der Waals surface area contributed by atoms with Gasteiger partial charge in [-0.25, -0.2) is 15.0 Å². The minimum atomic E-state index is -0.0176. The molecule has 1 aliphatic heterocycles. The van der Waals surface area contributed by atoms with Crippen molar-refractivity contribution in [1.29, 1.82) is 0 Å². The topological polar surface area (TPSA) is 62.2 Å². The van der Waals surface area contributed by atoms with E-state index in [2.05, 4.69) is 9.97 Å². The van der Waals surface area contributed by atoms with Crippen LogP contribution in [-0.4, -0.2) is 39.9 Å². The van der Waals surface area contributed by atoms with Crippen LogP contribution in [0.2, 0.25) is 0 Å². The molecule has 0 saturated heterocycles. The molecule has 0 aliphatic carbocycles. The van der Waals surface area contributed by atoms with E-state index >= 15 is 0 Å². The summed E-state index contributed by atoms with van der Waals surface area (Å²) in [5.74, 6) is 1.43. The van der Waals surface area contributed by atoms with Gasteiger partial charge in [0, 0.05) is 43.4 Å². The third-order valence-electron chi connectivity index (χ3n) is 5.37. The van der Waals surface area contributed by atoms with Gasteiger partial charge in [0.05, 0.1) is 23.3 Å². The summed E-state index contributed by atoms with van der Waals surface area (Å²) >= 11 is 0. The Kier molecular flexibility index (Phi) is 4.39. The van der Waals surface area contributed by atoms with Gasteiger partial charge in [-0.05, 0) is 12.1 Å². The molecule has 30 heavy (non-hydrogen) atoms. The molecule has 3 heterocycles. The average Bonchev–Trinajstić information content (AvgIpc) is 3.22. The fourth-order valence-corrected chi connectivity index (χ4v) is 3.76. The highest BCUT2D eigenvalue weighted by atomic mass is 16.2. The normalized spacial score (nSPS) is 12.8. The minimum Gasteiger partial charge on any atom is -0.363 e. The van der Waals surface area contributed by atoms with Crippen LogP contribution in [0.1, 0.15) is 21.6 Å². The molecule has 0 atom stereocenters. The van der Waals surface area contributed by atoms with Gasteiger partial charge in [0.2, 0.25) is 0 Å². The molecule has 0 spiro atoms. The molecule has 0 bridgehead atoms. The van der Waals surface area contributed by atoms with Crippen LogP contribution < -0.4 is 4.90 Å². The number of hydrogen-bond donors (Lipinski definition) is 0. The zero-order valence-electron chi connectivity index (χ0n) is 16.9. The molecule has 6 heteroatoms. The number of fused-ring (bicyclic) bond motifs is 2. The van der Waals surface area contributed by atoms with Crippen LogP contribution in [0, 0.1) is 0 Å². The number of carbonyl (C=O) groups excluding carboxylic acids is 1. The van der Waals surface area contributed by atoms with Gasteiger partial charge in [-0.2, -0.15) is 0 Å². The van der Waals surface area contributed by atoms with Crippen LogP contribution in [0.5, 0.6) is 0 Å². The summed E-state index contributed by atoms with van der Waals surface area (Å²) in [5, 5.41) is 0.861. The van der Waals surface area contributed by atoms with Gasteiger partial charge in [-0.3, -0.25) is 4.79 Å². The number of carbonyl (C=O) groups is 1. The maximum atomic E-state index is 13.5. The molecule has 0 unspecified atom stereocenters. The first kappa shape index (κ1) is 18.2. The first-order valence-corrected chi connectivity index (χ1v) is 9.87. The van der Waals surface area contributed by atoms with Crippen LogP contribution in [-0.2, 0) is 13.1 Å². The lowest BCUT2D eigenvalue weighted by atomic mass is 10.1. The van der Waals surface area contributed by atoms with Crippen molar-refractivity contribution in [2.24, 2.45) is 0 Å². The van der Waals surface area contributed by atoms with E-state index in [9.17, 15) is 4.79 Å². The zero-order chi connectivity index (χ0) is 20.7. The summed E-state index contributed by atoms with van der Waals surface area (Å²) in [5.41, 5.74) is 4.35. The standard InChI is InChI=1S/C24H21N5O/c1-28(2)22-12-19(18-10-6-7-11-20(18)26-22)24(30)29-14-17-13-25-23(27-21(17)15-29)16-8-4-3-5-9-16/h3-13H,14-15H2,1-2H3. The molecule has 148 valence electrons. The van der Waals surface area contributed by atoms with E-state index in [1.165, 1.54) is 0 Å². The molecule has 0 radical (unpaired) electrons. The molecule has 0 N–H and O–H groups in total. The van der Waals surface area contributed by atoms with Gasteiger partial charge >= 0.3 is 0 Å². The lowest BCUT2D eigenvalue weighted by molar-refractivity contribution is 0.0752. The van der Waals surface area contributed by atoms with Crippen molar-refractivity contribution in [1.82, 2.24) is 19.9 Å². The fourth-order valence-electron chi connectivity index (χ4n) is 3.76. The third-order valence-corrected chi connectivity index (χ3v) is 5.37. The summed E-state index contributed by atoms with van der Waals surface area (Å²) in [4.78, 5) is 31.1. The Balaban J connectivity index is 1.49. The number of rotatable bonds is 3. The molecule has 0 saturated carbocycles. The second-order valence-corrected chi connectivity index (χ2v) is 7.63. The monoisotopic (exact) mass is 395 g/mol. The molecule has 2 aromatic heterocycles. The second kappa shape index (κ2) is 7.22. The molecule has 1 amide bonds. The van der Waals surface area contributed by atoms with Gasteiger partial charge in [-0.15, -0.1) is 0 Å². The Morgan fingerprint density at radius 3 is 2.53 bits per heavy atom.